The Bertz CT molecular complexity index is 1120. The van der Waals surface area contributed by atoms with Gasteiger partial charge in [-0.2, -0.15) is 0 Å². The quantitative estimate of drug-likeness (QED) is 0.252. The highest BCUT2D eigenvalue weighted by Gasteiger charge is 2.35. The summed E-state index contributed by atoms with van der Waals surface area (Å²) in [6, 6.07) is 30.3. The summed E-state index contributed by atoms with van der Waals surface area (Å²) in [5.41, 5.74) is 9.16. The van der Waals surface area contributed by atoms with E-state index >= 15 is 0 Å². The number of nitrogens with one attached hydrogen (secondary N) is 1. The molecule has 3 amide bonds. The van der Waals surface area contributed by atoms with Crippen LogP contribution in [-0.4, -0.2) is 54.0 Å². The predicted molar refractivity (Wildman–Crippen MR) is 162 cm³/mol. The molecule has 1 aliphatic rings. The summed E-state index contributed by atoms with van der Waals surface area (Å²) in [4.78, 5) is 30.0. The first-order chi connectivity index (χ1) is 19.6. The highest BCUT2D eigenvalue weighted by Crippen LogP contribution is 2.34. The maximum Gasteiger partial charge on any atom is 0.315 e. The van der Waals surface area contributed by atoms with E-state index in [-0.39, 0.29) is 23.9 Å². The van der Waals surface area contributed by atoms with Crippen molar-refractivity contribution in [1.29, 1.82) is 0 Å². The van der Waals surface area contributed by atoms with Crippen LogP contribution >= 0.6 is 0 Å². The fourth-order valence-electron chi connectivity index (χ4n) is 6.02. The molecule has 0 saturated carbocycles. The zero-order valence-corrected chi connectivity index (χ0v) is 23.8. The lowest BCUT2D eigenvalue weighted by molar-refractivity contribution is 0.0810. The minimum Gasteiger partial charge on any atom is -0.351 e. The average molecular weight is 541 g/mol. The monoisotopic (exact) mass is 540 g/mol. The highest BCUT2D eigenvalue weighted by molar-refractivity contribution is 5.94. The topological polar surface area (TPSA) is 78.7 Å². The summed E-state index contributed by atoms with van der Waals surface area (Å²) in [5, 5.41) is 3.12. The Morgan fingerprint density at radius 2 is 1.40 bits per heavy atom. The van der Waals surface area contributed by atoms with E-state index < -0.39 is 6.03 Å². The SMILES string of the molecule is CCCCCCN(C(N)=O)C(CNC(=O)c1ccccc1)C1CCN(C(c2ccccc2)c2ccccc2)CC1. The van der Waals surface area contributed by atoms with Crippen LogP contribution in [0.4, 0.5) is 4.79 Å². The molecule has 3 aromatic carbocycles. The number of nitrogens with two attached hydrogens (primary N) is 1. The summed E-state index contributed by atoms with van der Waals surface area (Å²) in [7, 11) is 0. The van der Waals surface area contributed by atoms with Crippen molar-refractivity contribution in [3.63, 3.8) is 0 Å². The first-order valence-corrected chi connectivity index (χ1v) is 14.8. The lowest BCUT2D eigenvalue weighted by Gasteiger charge is -2.43. The number of hydrogen-bond donors (Lipinski definition) is 2. The molecule has 1 heterocycles. The van der Waals surface area contributed by atoms with Gasteiger partial charge in [0.15, 0.2) is 0 Å². The molecule has 1 atom stereocenters. The third-order valence-corrected chi connectivity index (χ3v) is 8.16. The van der Waals surface area contributed by atoms with E-state index in [4.69, 9.17) is 5.73 Å². The van der Waals surface area contributed by atoms with E-state index in [2.05, 4.69) is 77.8 Å². The summed E-state index contributed by atoms with van der Waals surface area (Å²) in [6.45, 7) is 5.02. The Balaban J connectivity index is 1.50. The molecule has 3 N–H and O–H groups in total. The maximum atomic E-state index is 12.9. The van der Waals surface area contributed by atoms with Crippen molar-refractivity contribution >= 4 is 11.9 Å². The van der Waals surface area contributed by atoms with Gasteiger partial charge in [-0.1, -0.05) is 105 Å². The number of unbranched alkanes of at least 4 members (excludes halogenated alkanes) is 3. The van der Waals surface area contributed by atoms with Gasteiger partial charge in [0, 0.05) is 18.7 Å². The lowest BCUT2D eigenvalue weighted by atomic mass is 9.86. The standard InChI is InChI=1S/C34H44N4O2/c1-2-3-4-14-23-38(34(35)40)31(26-36-33(39)30-19-12-7-13-20-30)27-21-24-37(25-22-27)32(28-15-8-5-9-16-28)29-17-10-6-11-18-29/h5-13,15-20,27,31-32H,2-4,14,21-26H2,1H3,(H2,35,40)(H,36,39). The van der Waals surface area contributed by atoms with Crippen LogP contribution in [0.1, 0.15) is 73.0 Å². The van der Waals surface area contributed by atoms with Gasteiger partial charge in [-0.25, -0.2) is 4.79 Å². The van der Waals surface area contributed by atoms with E-state index in [1.165, 1.54) is 11.1 Å². The van der Waals surface area contributed by atoms with Gasteiger partial charge >= 0.3 is 6.03 Å². The molecule has 212 valence electrons. The van der Waals surface area contributed by atoms with Gasteiger partial charge in [0.25, 0.3) is 5.91 Å². The second-order valence-corrected chi connectivity index (χ2v) is 10.8. The molecular formula is C34H44N4O2. The number of benzene rings is 3. The van der Waals surface area contributed by atoms with Crippen molar-refractivity contribution in [1.82, 2.24) is 15.1 Å². The molecule has 1 aliphatic heterocycles. The van der Waals surface area contributed by atoms with Crippen LogP contribution in [0.2, 0.25) is 0 Å². The van der Waals surface area contributed by atoms with Crippen LogP contribution in [0.5, 0.6) is 0 Å². The Kier molecular flexibility index (Phi) is 11.2. The third-order valence-electron chi connectivity index (χ3n) is 8.16. The van der Waals surface area contributed by atoms with Crippen LogP contribution in [0.15, 0.2) is 91.0 Å². The van der Waals surface area contributed by atoms with Gasteiger partial charge < -0.3 is 16.0 Å². The molecule has 0 spiro atoms. The van der Waals surface area contributed by atoms with E-state index in [1.54, 1.807) is 0 Å². The van der Waals surface area contributed by atoms with Gasteiger partial charge in [-0.05, 0) is 61.5 Å². The number of carbonyl (C=O) groups excluding carboxylic acids is 2. The fourth-order valence-corrected chi connectivity index (χ4v) is 6.02. The molecule has 6 nitrogen and oxygen atoms in total. The van der Waals surface area contributed by atoms with Gasteiger partial charge in [0.2, 0.25) is 0 Å². The summed E-state index contributed by atoms with van der Waals surface area (Å²) in [5.74, 6) is 0.129. The van der Waals surface area contributed by atoms with Gasteiger partial charge in [0.1, 0.15) is 0 Å². The number of amides is 3. The minimum absolute atomic E-state index is 0.119. The van der Waals surface area contributed by atoms with Crippen LogP contribution in [-0.2, 0) is 0 Å². The lowest BCUT2D eigenvalue weighted by Crippen LogP contribution is -2.55. The van der Waals surface area contributed by atoms with Crippen LogP contribution in [0, 0.1) is 5.92 Å². The van der Waals surface area contributed by atoms with Crippen molar-refractivity contribution in [2.24, 2.45) is 11.7 Å². The molecule has 1 unspecified atom stereocenters. The van der Waals surface area contributed by atoms with Gasteiger partial charge in [-0.15, -0.1) is 0 Å². The van der Waals surface area contributed by atoms with Gasteiger partial charge in [-0.3, -0.25) is 9.69 Å². The smallest absolute Gasteiger partial charge is 0.315 e. The largest absolute Gasteiger partial charge is 0.351 e. The minimum atomic E-state index is -0.399. The maximum absolute atomic E-state index is 12.9. The molecule has 6 heteroatoms. The van der Waals surface area contributed by atoms with Crippen LogP contribution in [0.25, 0.3) is 0 Å². The zero-order chi connectivity index (χ0) is 28.2. The number of carbonyl (C=O) groups is 2. The Morgan fingerprint density at radius 1 is 0.850 bits per heavy atom. The van der Waals surface area contributed by atoms with Crippen molar-refractivity contribution < 1.29 is 9.59 Å². The van der Waals surface area contributed by atoms with Crippen molar-refractivity contribution in [2.45, 2.75) is 57.5 Å². The Morgan fingerprint density at radius 3 is 1.93 bits per heavy atom. The Labute approximate surface area is 239 Å². The van der Waals surface area contributed by atoms with Crippen LogP contribution in [0.3, 0.4) is 0 Å². The molecule has 0 radical (unpaired) electrons. The first-order valence-electron chi connectivity index (χ1n) is 14.8. The number of rotatable bonds is 13. The van der Waals surface area contributed by atoms with Crippen molar-refractivity contribution in [3.05, 3.63) is 108 Å². The Hall–Kier alpha value is -3.64. The predicted octanol–water partition coefficient (Wildman–Crippen LogP) is 6.25. The van der Waals surface area contributed by atoms with Gasteiger partial charge in [0.05, 0.1) is 12.1 Å². The van der Waals surface area contributed by atoms with Crippen LogP contribution < -0.4 is 11.1 Å². The zero-order valence-electron chi connectivity index (χ0n) is 23.8. The fraction of sp³-hybridized carbons (Fsp3) is 0.412. The number of hydrogen-bond acceptors (Lipinski definition) is 3. The number of piperidine rings is 1. The highest BCUT2D eigenvalue weighted by atomic mass is 16.2. The molecule has 1 saturated heterocycles. The summed E-state index contributed by atoms with van der Waals surface area (Å²) >= 11 is 0. The molecule has 3 aromatic rings. The van der Waals surface area contributed by atoms with E-state index in [1.807, 2.05) is 35.2 Å². The average Bonchev–Trinajstić information content (AvgIpc) is 3.00. The van der Waals surface area contributed by atoms with Crippen molar-refractivity contribution in [3.8, 4) is 0 Å². The summed E-state index contributed by atoms with van der Waals surface area (Å²) in [6.07, 6.45) is 6.12. The molecule has 0 aliphatic carbocycles. The van der Waals surface area contributed by atoms with E-state index in [9.17, 15) is 9.59 Å². The second kappa shape index (κ2) is 15.2. The summed E-state index contributed by atoms with van der Waals surface area (Å²) < 4.78 is 0. The molecular weight excluding hydrogens is 496 g/mol. The third kappa shape index (κ3) is 7.95. The molecule has 1 fully saturated rings. The second-order valence-electron chi connectivity index (χ2n) is 10.8. The van der Waals surface area contributed by atoms with Crippen molar-refractivity contribution in [2.75, 3.05) is 26.2 Å². The molecule has 0 bridgehead atoms. The molecule has 0 aromatic heterocycles. The normalized spacial score (nSPS) is 15.1. The van der Waals surface area contributed by atoms with E-state index in [0.717, 1.165) is 51.6 Å². The van der Waals surface area contributed by atoms with E-state index in [0.29, 0.717) is 18.7 Å². The number of urea groups is 1. The molecule has 40 heavy (non-hydrogen) atoms. The molecule has 4 rings (SSSR count). The first kappa shape index (κ1) is 29.3. The number of likely N-dealkylation sites (tertiary alicyclic amines) is 1. The number of nitrogens with zero attached hydrogens (tertiary/aromatic N) is 2. The number of primary amides is 1.